The molecule has 0 radical (unpaired) electrons. The summed E-state index contributed by atoms with van der Waals surface area (Å²) in [6, 6.07) is 5.70. The number of hydrogen-bond donors (Lipinski definition) is 1. The van der Waals surface area contributed by atoms with Crippen molar-refractivity contribution in [1.29, 1.82) is 0 Å². The Kier molecular flexibility index (Phi) is 1.10. The molecule has 0 bridgehead atoms. The van der Waals surface area contributed by atoms with Crippen LogP contribution in [0.15, 0.2) is 28.9 Å². The second kappa shape index (κ2) is 2.13. The molecular formula is C10H7NO2. The quantitative estimate of drug-likeness (QED) is 0.661. The summed E-state index contributed by atoms with van der Waals surface area (Å²) in [4.78, 5) is 11.1. The van der Waals surface area contributed by atoms with Gasteiger partial charge in [-0.3, -0.25) is 4.79 Å². The van der Waals surface area contributed by atoms with Crippen LogP contribution < -0.4 is 5.32 Å². The Bertz CT molecular complexity index is 499. The Morgan fingerprint density at radius 3 is 3.15 bits per heavy atom. The van der Waals surface area contributed by atoms with Crippen LogP contribution in [-0.2, 0) is 11.2 Å². The SMILES string of the molecule is O=C1Cc2ccc3occc3c2N1. The number of carbonyl (C=O) groups excluding carboxylic acids is 1. The van der Waals surface area contributed by atoms with Gasteiger partial charge < -0.3 is 9.73 Å². The lowest BCUT2D eigenvalue weighted by Gasteiger charge is -1.97. The molecule has 3 rings (SSSR count). The Labute approximate surface area is 74.3 Å². The first kappa shape index (κ1) is 6.71. The van der Waals surface area contributed by atoms with Crippen LogP contribution in [0.2, 0.25) is 0 Å². The molecule has 1 aliphatic rings. The second-order valence-electron chi connectivity index (χ2n) is 3.16. The van der Waals surface area contributed by atoms with Gasteiger partial charge >= 0.3 is 0 Å². The molecule has 13 heavy (non-hydrogen) atoms. The van der Waals surface area contributed by atoms with Crippen molar-refractivity contribution in [3.8, 4) is 0 Å². The van der Waals surface area contributed by atoms with Gasteiger partial charge in [-0.1, -0.05) is 6.07 Å². The number of anilines is 1. The first-order valence-corrected chi connectivity index (χ1v) is 4.13. The van der Waals surface area contributed by atoms with Crippen LogP contribution >= 0.6 is 0 Å². The number of nitrogens with one attached hydrogen (secondary N) is 1. The monoisotopic (exact) mass is 173 g/mol. The highest BCUT2D eigenvalue weighted by molar-refractivity contribution is 6.08. The molecule has 0 saturated carbocycles. The molecule has 2 aromatic rings. The van der Waals surface area contributed by atoms with Gasteiger partial charge in [-0.2, -0.15) is 0 Å². The molecule has 1 aromatic carbocycles. The molecule has 2 heterocycles. The summed E-state index contributed by atoms with van der Waals surface area (Å²) in [5.74, 6) is 0.0590. The topological polar surface area (TPSA) is 42.2 Å². The van der Waals surface area contributed by atoms with Crippen molar-refractivity contribution in [1.82, 2.24) is 0 Å². The van der Waals surface area contributed by atoms with Crippen molar-refractivity contribution in [2.45, 2.75) is 6.42 Å². The molecule has 0 unspecified atom stereocenters. The van der Waals surface area contributed by atoms with Crippen LogP contribution in [0, 0.1) is 0 Å². The fourth-order valence-corrected chi connectivity index (χ4v) is 1.74. The highest BCUT2D eigenvalue weighted by atomic mass is 16.3. The molecule has 64 valence electrons. The molecule has 1 aromatic heterocycles. The number of benzene rings is 1. The number of hydrogen-bond acceptors (Lipinski definition) is 2. The Hall–Kier alpha value is -1.77. The second-order valence-corrected chi connectivity index (χ2v) is 3.16. The normalized spacial score (nSPS) is 14.6. The molecule has 3 heteroatoms. The fraction of sp³-hybridized carbons (Fsp3) is 0.100. The van der Waals surface area contributed by atoms with Crippen molar-refractivity contribution in [3.63, 3.8) is 0 Å². The first-order chi connectivity index (χ1) is 6.34. The van der Waals surface area contributed by atoms with Crippen molar-refractivity contribution in [2.24, 2.45) is 0 Å². The lowest BCUT2D eigenvalue weighted by atomic mass is 10.1. The Morgan fingerprint density at radius 1 is 1.31 bits per heavy atom. The van der Waals surface area contributed by atoms with E-state index in [4.69, 9.17) is 4.42 Å². The number of fused-ring (bicyclic) bond motifs is 3. The average Bonchev–Trinajstić information content (AvgIpc) is 2.65. The summed E-state index contributed by atoms with van der Waals surface area (Å²) in [5, 5.41) is 3.82. The van der Waals surface area contributed by atoms with Gasteiger partial charge in [-0.25, -0.2) is 0 Å². The smallest absolute Gasteiger partial charge is 0.228 e. The van der Waals surface area contributed by atoms with E-state index in [0.717, 1.165) is 22.2 Å². The van der Waals surface area contributed by atoms with Gasteiger partial charge in [0.1, 0.15) is 5.58 Å². The van der Waals surface area contributed by atoms with E-state index in [2.05, 4.69) is 5.32 Å². The molecule has 1 amide bonds. The molecule has 3 nitrogen and oxygen atoms in total. The van der Waals surface area contributed by atoms with E-state index in [-0.39, 0.29) is 5.91 Å². The minimum atomic E-state index is 0.0590. The van der Waals surface area contributed by atoms with E-state index in [0.29, 0.717) is 6.42 Å². The van der Waals surface area contributed by atoms with Crippen molar-refractivity contribution < 1.29 is 9.21 Å². The van der Waals surface area contributed by atoms with Crippen molar-refractivity contribution in [3.05, 3.63) is 30.0 Å². The van der Waals surface area contributed by atoms with E-state index >= 15 is 0 Å². The van der Waals surface area contributed by atoms with Gasteiger partial charge in [0.2, 0.25) is 5.91 Å². The third-order valence-corrected chi connectivity index (χ3v) is 2.34. The number of carbonyl (C=O) groups is 1. The van der Waals surface area contributed by atoms with Gasteiger partial charge in [0.25, 0.3) is 0 Å². The van der Waals surface area contributed by atoms with Crippen molar-refractivity contribution in [2.75, 3.05) is 5.32 Å². The number of rotatable bonds is 0. The zero-order valence-corrected chi connectivity index (χ0v) is 6.83. The molecule has 1 N–H and O–H groups in total. The minimum Gasteiger partial charge on any atom is -0.464 e. The van der Waals surface area contributed by atoms with Crippen LogP contribution in [0.4, 0.5) is 5.69 Å². The molecule has 1 aliphatic heterocycles. The summed E-state index contributed by atoms with van der Waals surface area (Å²) in [5.41, 5.74) is 2.79. The molecule has 0 spiro atoms. The zero-order valence-electron chi connectivity index (χ0n) is 6.83. The van der Waals surface area contributed by atoms with Crippen LogP contribution in [0.1, 0.15) is 5.56 Å². The maximum atomic E-state index is 11.1. The molecule has 0 fully saturated rings. The predicted octanol–water partition coefficient (Wildman–Crippen LogP) is 1.93. The predicted molar refractivity (Wildman–Crippen MR) is 48.5 cm³/mol. The zero-order chi connectivity index (χ0) is 8.84. The average molecular weight is 173 g/mol. The lowest BCUT2D eigenvalue weighted by molar-refractivity contribution is -0.115. The maximum Gasteiger partial charge on any atom is 0.228 e. The van der Waals surface area contributed by atoms with Gasteiger partial charge in [0.05, 0.1) is 18.4 Å². The maximum absolute atomic E-state index is 11.1. The summed E-state index contributed by atoms with van der Waals surface area (Å²) in [6.45, 7) is 0. The standard InChI is InChI=1S/C10H7NO2/c12-9-5-6-1-2-8-7(3-4-13-8)10(6)11-9/h1-4H,5H2,(H,11,12). The van der Waals surface area contributed by atoms with Gasteiger partial charge in [-0.15, -0.1) is 0 Å². The Balaban J connectivity index is 2.40. The van der Waals surface area contributed by atoms with E-state index in [1.807, 2.05) is 18.2 Å². The van der Waals surface area contributed by atoms with Gasteiger partial charge in [0, 0.05) is 5.39 Å². The van der Waals surface area contributed by atoms with E-state index in [1.54, 1.807) is 6.26 Å². The van der Waals surface area contributed by atoms with E-state index in [1.165, 1.54) is 0 Å². The van der Waals surface area contributed by atoms with E-state index in [9.17, 15) is 4.79 Å². The first-order valence-electron chi connectivity index (χ1n) is 4.13. The van der Waals surface area contributed by atoms with Crippen LogP contribution in [0.25, 0.3) is 11.0 Å². The number of amides is 1. The highest BCUT2D eigenvalue weighted by Crippen LogP contribution is 2.32. The van der Waals surface area contributed by atoms with Crippen LogP contribution in [0.3, 0.4) is 0 Å². The van der Waals surface area contributed by atoms with Gasteiger partial charge in [0.15, 0.2) is 0 Å². The fourth-order valence-electron chi connectivity index (χ4n) is 1.74. The molecule has 0 saturated heterocycles. The highest BCUT2D eigenvalue weighted by Gasteiger charge is 2.20. The van der Waals surface area contributed by atoms with Gasteiger partial charge in [-0.05, 0) is 17.7 Å². The minimum absolute atomic E-state index is 0.0590. The summed E-state index contributed by atoms with van der Waals surface area (Å²) in [6.07, 6.45) is 2.12. The largest absolute Gasteiger partial charge is 0.464 e. The lowest BCUT2D eigenvalue weighted by Crippen LogP contribution is -2.03. The summed E-state index contributed by atoms with van der Waals surface area (Å²) >= 11 is 0. The Morgan fingerprint density at radius 2 is 2.23 bits per heavy atom. The van der Waals surface area contributed by atoms with Crippen molar-refractivity contribution >= 4 is 22.6 Å². The third kappa shape index (κ3) is 0.811. The third-order valence-electron chi connectivity index (χ3n) is 2.34. The summed E-state index contributed by atoms with van der Waals surface area (Å²) in [7, 11) is 0. The summed E-state index contributed by atoms with van der Waals surface area (Å²) < 4.78 is 5.23. The van der Waals surface area contributed by atoms with Crippen LogP contribution in [-0.4, -0.2) is 5.91 Å². The molecule has 0 aliphatic carbocycles. The number of furan rings is 1. The van der Waals surface area contributed by atoms with E-state index < -0.39 is 0 Å². The molecule has 0 atom stereocenters. The van der Waals surface area contributed by atoms with Crippen LogP contribution in [0.5, 0.6) is 0 Å². The molecular weight excluding hydrogens is 166 g/mol.